The summed E-state index contributed by atoms with van der Waals surface area (Å²) in [6.45, 7) is 2.65. The number of hydrogen-bond donors (Lipinski definition) is 2. The quantitative estimate of drug-likeness (QED) is 0.351. The molecule has 0 aliphatic carbocycles. The number of carbonyl (C=O) groups is 1. The molecule has 0 bridgehead atoms. The second kappa shape index (κ2) is 10.1. The number of ether oxygens (including phenoxy) is 1. The Balaban J connectivity index is 1.36. The summed E-state index contributed by atoms with van der Waals surface area (Å²) in [6.07, 6.45) is 3.26. The molecule has 4 aromatic rings. The molecule has 0 radical (unpaired) electrons. The first-order chi connectivity index (χ1) is 17.5. The Labute approximate surface area is 209 Å². The van der Waals surface area contributed by atoms with Gasteiger partial charge >= 0.3 is 0 Å². The number of benzene rings is 3. The minimum atomic E-state index is -0.617. The number of aromatic nitrogens is 1. The molecule has 2 heterocycles. The lowest BCUT2D eigenvalue weighted by molar-refractivity contribution is -0.114. The van der Waals surface area contributed by atoms with E-state index in [1.807, 2.05) is 103 Å². The average Bonchev–Trinajstić information content (AvgIpc) is 3.40. The number of hydrogen-bond acceptors (Lipinski definition) is 5. The molecule has 1 aliphatic heterocycles. The van der Waals surface area contributed by atoms with Crippen molar-refractivity contribution in [2.45, 2.75) is 19.6 Å². The van der Waals surface area contributed by atoms with E-state index in [1.54, 1.807) is 7.11 Å². The van der Waals surface area contributed by atoms with Crippen molar-refractivity contribution < 1.29 is 14.6 Å². The number of amides is 1. The molecule has 1 aromatic heterocycles. The van der Waals surface area contributed by atoms with Crippen LogP contribution in [-0.2, 0) is 11.3 Å². The van der Waals surface area contributed by atoms with Crippen molar-refractivity contribution >= 4 is 40.0 Å². The lowest BCUT2D eigenvalue weighted by Crippen LogP contribution is -2.24. The van der Waals surface area contributed by atoms with Gasteiger partial charge in [0.1, 0.15) is 5.75 Å². The number of hydrazone groups is 1. The zero-order valence-electron chi connectivity index (χ0n) is 20.3. The molecule has 36 heavy (non-hydrogen) atoms. The molecule has 0 unspecified atom stereocenters. The Morgan fingerprint density at radius 2 is 1.75 bits per heavy atom. The van der Waals surface area contributed by atoms with Crippen LogP contribution in [0.2, 0.25) is 0 Å². The second-order valence-corrected chi connectivity index (χ2v) is 8.71. The number of fused-ring (bicyclic) bond motifs is 1. The van der Waals surface area contributed by atoms with E-state index in [1.165, 1.54) is 5.01 Å². The molecule has 1 atom stereocenters. The van der Waals surface area contributed by atoms with Crippen molar-refractivity contribution in [2.75, 3.05) is 24.0 Å². The molecule has 0 saturated heterocycles. The van der Waals surface area contributed by atoms with Gasteiger partial charge in [0.25, 0.3) is 5.91 Å². The summed E-state index contributed by atoms with van der Waals surface area (Å²) in [7, 11) is 1.63. The number of para-hydroxylation sites is 2. The van der Waals surface area contributed by atoms with E-state index >= 15 is 0 Å². The number of rotatable bonds is 8. The maximum Gasteiger partial charge on any atom is 0.280 e. The monoisotopic (exact) mass is 480 g/mol. The third-order valence-electron chi connectivity index (χ3n) is 6.22. The third kappa shape index (κ3) is 4.74. The molecule has 0 fully saturated rings. The van der Waals surface area contributed by atoms with Gasteiger partial charge in [0.05, 0.1) is 36.7 Å². The number of anilines is 2. The molecular weight excluding hydrogens is 452 g/mol. The van der Waals surface area contributed by atoms with Gasteiger partial charge in [-0.1, -0.05) is 36.4 Å². The molecule has 7 heteroatoms. The Hall–Kier alpha value is -4.36. The summed E-state index contributed by atoms with van der Waals surface area (Å²) in [4.78, 5) is 13.2. The molecule has 2 N–H and O–H groups in total. The SMILES string of the molecule is COc1ccc(NC[C@@H](O)Cn2cc(/C=C3/C(=O)N(c4ccccc4)N=C3C)c3ccccc32)cc1. The fourth-order valence-electron chi connectivity index (χ4n) is 4.36. The Bertz CT molecular complexity index is 1440. The predicted molar refractivity (Wildman–Crippen MR) is 144 cm³/mol. The zero-order chi connectivity index (χ0) is 25.1. The fourth-order valence-corrected chi connectivity index (χ4v) is 4.36. The van der Waals surface area contributed by atoms with Crippen LogP contribution in [-0.4, -0.2) is 41.1 Å². The standard InChI is InChI=1S/C29H28N4O3/c1-20-27(29(35)33(31-20)23-8-4-3-5-9-23)16-21-18-32(28-11-7-6-10-26(21)28)19-24(34)17-30-22-12-14-25(36-2)15-13-22/h3-16,18,24,30,34H,17,19H2,1-2H3/b27-16+/t24-/m1/s1. The van der Waals surface area contributed by atoms with Gasteiger partial charge in [-0.05, 0) is 55.5 Å². The Kier molecular flexibility index (Phi) is 6.56. The normalized spacial score (nSPS) is 15.4. The summed E-state index contributed by atoms with van der Waals surface area (Å²) >= 11 is 0. The number of methoxy groups -OCH3 is 1. The molecule has 0 spiro atoms. The topological polar surface area (TPSA) is 79.1 Å². The third-order valence-corrected chi connectivity index (χ3v) is 6.22. The van der Waals surface area contributed by atoms with Crippen LogP contribution in [0.25, 0.3) is 17.0 Å². The van der Waals surface area contributed by atoms with Crippen molar-refractivity contribution in [1.82, 2.24) is 4.57 Å². The van der Waals surface area contributed by atoms with Gasteiger partial charge < -0.3 is 19.7 Å². The van der Waals surface area contributed by atoms with E-state index in [0.29, 0.717) is 24.4 Å². The molecule has 1 aliphatic rings. The Morgan fingerprint density at radius 3 is 2.50 bits per heavy atom. The van der Waals surface area contributed by atoms with E-state index < -0.39 is 6.10 Å². The first-order valence-corrected chi connectivity index (χ1v) is 11.8. The number of nitrogens with one attached hydrogen (secondary N) is 1. The van der Waals surface area contributed by atoms with E-state index in [-0.39, 0.29) is 5.91 Å². The highest BCUT2D eigenvalue weighted by atomic mass is 16.5. The van der Waals surface area contributed by atoms with Gasteiger partial charge in [-0.3, -0.25) is 4.79 Å². The smallest absolute Gasteiger partial charge is 0.280 e. The van der Waals surface area contributed by atoms with Crippen LogP contribution in [0.4, 0.5) is 11.4 Å². The van der Waals surface area contributed by atoms with E-state index in [4.69, 9.17) is 4.74 Å². The van der Waals surface area contributed by atoms with Crippen LogP contribution >= 0.6 is 0 Å². The molecule has 3 aromatic carbocycles. The number of nitrogens with zero attached hydrogens (tertiary/aromatic N) is 3. The van der Waals surface area contributed by atoms with E-state index in [9.17, 15) is 9.90 Å². The highest BCUT2D eigenvalue weighted by Gasteiger charge is 2.29. The lowest BCUT2D eigenvalue weighted by Gasteiger charge is -2.15. The highest BCUT2D eigenvalue weighted by molar-refractivity contribution is 6.32. The summed E-state index contributed by atoms with van der Waals surface area (Å²) in [6, 6.07) is 25.0. The number of aliphatic hydroxyl groups excluding tert-OH is 1. The minimum Gasteiger partial charge on any atom is -0.497 e. The van der Waals surface area contributed by atoms with Gasteiger partial charge in [0.2, 0.25) is 0 Å². The lowest BCUT2D eigenvalue weighted by atomic mass is 10.1. The predicted octanol–water partition coefficient (Wildman–Crippen LogP) is 4.93. The van der Waals surface area contributed by atoms with E-state index in [0.717, 1.165) is 33.6 Å². The highest BCUT2D eigenvalue weighted by Crippen LogP contribution is 2.28. The second-order valence-electron chi connectivity index (χ2n) is 8.71. The van der Waals surface area contributed by atoms with Crippen LogP contribution in [0, 0.1) is 0 Å². The molecule has 1 amide bonds. The van der Waals surface area contributed by atoms with Crippen LogP contribution in [0.3, 0.4) is 0 Å². The number of aliphatic hydroxyl groups is 1. The van der Waals surface area contributed by atoms with Gasteiger partial charge in [0.15, 0.2) is 0 Å². The van der Waals surface area contributed by atoms with Crippen LogP contribution in [0.1, 0.15) is 12.5 Å². The van der Waals surface area contributed by atoms with Crippen molar-refractivity contribution in [1.29, 1.82) is 0 Å². The van der Waals surface area contributed by atoms with Crippen LogP contribution in [0.5, 0.6) is 5.75 Å². The maximum absolute atomic E-state index is 13.2. The summed E-state index contributed by atoms with van der Waals surface area (Å²) in [5.74, 6) is 0.633. The molecule has 7 nitrogen and oxygen atoms in total. The summed E-state index contributed by atoms with van der Waals surface area (Å²) in [5.41, 5.74) is 4.78. The molecule has 182 valence electrons. The fraction of sp³-hybridized carbons (Fsp3) is 0.172. The van der Waals surface area contributed by atoms with Gasteiger partial charge in [-0.2, -0.15) is 10.1 Å². The van der Waals surface area contributed by atoms with Crippen LogP contribution < -0.4 is 15.1 Å². The van der Waals surface area contributed by atoms with Crippen LogP contribution in [0.15, 0.2) is 95.7 Å². The zero-order valence-corrected chi connectivity index (χ0v) is 20.3. The van der Waals surface area contributed by atoms with Crippen molar-refractivity contribution in [3.63, 3.8) is 0 Å². The van der Waals surface area contributed by atoms with Gasteiger partial charge in [0, 0.05) is 34.9 Å². The van der Waals surface area contributed by atoms with Crippen molar-refractivity contribution in [3.05, 3.63) is 96.2 Å². The first kappa shape index (κ1) is 23.4. The Morgan fingerprint density at radius 1 is 1.03 bits per heavy atom. The molecule has 5 rings (SSSR count). The van der Waals surface area contributed by atoms with E-state index in [2.05, 4.69) is 10.4 Å². The van der Waals surface area contributed by atoms with Gasteiger partial charge in [-0.15, -0.1) is 0 Å². The number of carbonyl (C=O) groups excluding carboxylic acids is 1. The van der Waals surface area contributed by atoms with Crippen molar-refractivity contribution in [3.8, 4) is 5.75 Å². The van der Waals surface area contributed by atoms with Gasteiger partial charge in [-0.25, -0.2) is 0 Å². The first-order valence-electron chi connectivity index (χ1n) is 11.8. The summed E-state index contributed by atoms with van der Waals surface area (Å²) in [5, 5.41) is 21.0. The average molecular weight is 481 g/mol. The summed E-state index contributed by atoms with van der Waals surface area (Å²) < 4.78 is 7.22. The maximum atomic E-state index is 13.2. The minimum absolute atomic E-state index is 0.153. The molecule has 0 saturated carbocycles. The largest absolute Gasteiger partial charge is 0.497 e. The van der Waals surface area contributed by atoms with Crippen molar-refractivity contribution in [2.24, 2.45) is 5.10 Å². The molecular formula is C29H28N4O3.